The van der Waals surface area contributed by atoms with Gasteiger partial charge in [-0.05, 0) is 56.4 Å². The molecule has 0 radical (unpaired) electrons. The van der Waals surface area contributed by atoms with Gasteiger partial charge in [0.05, 0.1) is 13.2 Å². The van der Waals surface area contributed by atoms with Gasteiger partial charge >= 0.3 is 0 Å². The molecule has 1 unspecified atom stereocenters. The standard InChI is InChI=1S/C17H27NO/c1-6-7-9-19-10-8-18-16(5)17-12-14(3)13(2)11-15(17)4/h6,11-12,16,18H,1,7-10H2,2-5H3. The molecule has 106 valence electrons. The van der Waals surface area contributed by atoms with Crippen molar-refractivity contribution in [3.63, 3.8) is 0 Å². The third kappa shape index (κ3) is 5.17. The fourth-order valence-corrected chi connectivity index (χ4v) is 2.18. The largest absolute Gasteiger partial charge is 0.380 e. The Hall–Kier alpha value is -1.12. The average molecular weight is 261 g/mol. The maximum absolute atomic E-state index is 5.50. The van der Waals surface area contributed by atoms with Crippen LogP contribution in [0.15, 0.2) is 24.8 Å². The van der Waals surface area contributed by atoms with Crippen LogP contribution in [0.4, 0.5) is 0 Å². The first-order chi connectivity index (χ1) is 9.06. The van der Waals surface area contributed by atoms with Crippen molar-refractivity contribution >= 4 is 0 Å². The zero-order chi connectivity index (χ0) is 14.3. The van der Waals surface area contributed by atoms with Crippen LogP contribution >= 0.6 is 0 Å². The van der Waals surface area contributed by atoms with Crippen molar-refractivity contribution in [2.75, 3.05) is 19.8 Å². The second-order valence-corrected chi connectivity index (χ2v) is 5.16. The van der Waals surface area contributed by atoms with E-state index in [0.29, 0.717) is 6.04 Å². The highest BCUT2D eigenvalue weighted by Crippen LogP contribution is 2.21. The predicted molar refractivity (Wildman–Crippen MR) is 82.7 cm³/mol. The molecule has 0 bridgehead atoms. The monoisotopic (exact) mass is 261 g/mol. The molecule has 0 heterocycles. The van der Waals surface area contributed by atoms with E-state index in [0.717, 1.165) is 26.2 Å². The van der Waals surface area contributed by atoms with Gasteiger partial charge < -0.3 is 10.1 Å². The molecule has 0 fully saturated rings. The van der Waals surface area contributed by atoms with Gasteiger partial charge in [0.1, 0.15) is 0 Å². The Labute approximate surface area is 117 Å². The summed E-state index contributed by atoms with van der Waals surface area (Å²) in [6.45, 7) is 14.8. The SMILES string of the molecule is C=CCCOCCNC(C)c1cc(C)c(C)cc1C. The third-order valence-electron chi connectivity index (χ3n) is 3.51. The van der Waals surface area contributed by atoms with Crippen molar-refractivity contribution in [2.45, 2.75) is 40.2 Å². The lowest BCUT2D eigenvalue weighted by molar-refractivity contribution is 0.138. The topological polar surface area (TPSA) is 21.3 Å². The van der Waals surface area contributed by atoms with Crippen molar-refractivity contribution in [1.29, 1.82) is 0 Å². The summed E-state index contributed by atoms with van der Waals surface area (Å²) >= 11 is 0. The van der Waals surface area contributed by atoms with E-state index < -0.39 is 0 Å². The maximum atomic E-state index is 5.50. The highest BCUT2D eigenvalue weighted by Gasteiger charge is 2.09. The summed E-state index contributed by atoms with van der Waals surface area (Å²) in [7, 11) is 0. The first-order valence-electron chi connectivity index (χ1n) is 7.06. The molecule has 0 spiro atoms. The second-order valence-electron chi connectivity index (χ2n) is 5.16. The van der Waals surface area contributed by atoms with Gasteiger partial charge in [0.25, 0.3) is 0 Å². The molecule has 0 aliphatic heterocycles. The molecule has 1 aromatic carbocycles. The van der Waals surface area contributed by atoms with Gasteiger partial charge in [0, 0.05) is 12.6 Å². The van der Waals surface area contributed by atoms with Crippen molar-refractivity contribution in [1.82, 2.24) is 5.32 Å². The van der Waals surface area contributed by atoms with E-state index in [1.807, 2.05) is 6.08 Å². The molecular formula is C17H27NO. The first-order valence-corrected chi connectivity index (χ1v) is 7.06. The quantitative estimate of drug-likeness (QED) is 0.567. The molecule has 0 aliphatic carbocycles. The Kier molecular flexibility index (Phi) is 6.82. The first kappa shape index (κ1) is 15.9. The van der Waals surface area contributed by atoms with E-state index in [1.165, 1.54) is 22.3 Å². The Morgan fingerprint density at radius 1 is 1.16 bits per heavy atom. The van der Waals surface area contributed by atoms with Crippen LogP contribution in [0, 0.1) is 20.8 Å². The van der Waals surface area contributed by atoms with E-state index in [4.69, 9.17) is 4.74 Å². The fraction of sp³-hybridized carbons (Fsp3) is 0.529. The van der Waals surface area contributed by atoms with E-state index in [2.05, 4.69) is 51.7 Å². The van der Waals surface area contributed by atoms with Crippen molar-refractivity contribution in [3.05, 3.63) is 47.0 Å². The van der Waals surface area contributed by atoms with Gasteiger partial charge in [-0.3, -0.25) is 0 Å². The molecule has 0 amide bonds. The van der Waals surface area contributed by atoms with Crippen LogP contribution in [0.5, 0.6) is 0 Å². The number of benzene rings is 1. The molecule has 1 rings (SSSR count). The van der Waals surface area contributed by atoms with Crippen LogP contribution in [0.25, 0.3) is 0 Å². The molecule has 0 saturated heterocycles. The number of aryl methyl sites for hydroxylation is 3. The Morgan fingerprint density at radius 3 is 2.53 bits per heavy atom. The van der Waals surface area contributed by atoms with Crippen LogP contribution in [0.3, 0.4) is 0 Å². The van der Waals surface area contributed by atoms with Crippen molar-refractivity contribution in [2.24, 2.45) is 0 Å². The van der Waals surface area contributed by atoms with Gasteiger partial charge in [-0.2, -0.15) is 0 Å². The van der Waals surface area contributed by atoms with Gasteiger partial charge in [0.2, 0.25) is 0 Å². The Morgan fingerprint density at radius 2 is 1.84 bits per heavy atom. The van der Waals surface area contributed by atoms with Gasteiger partial charge in [0.15, 0.2) is 0 Å². The molecule has 2 nitrogen and oxygen atoms in total. The maximum Gasteiger partial charge on any atom is 0.0591 e. The number of rotatable bonds is 8. The number of hydrogen-bond donors (Lipinski definition) is 1. The van der Waals surface area contributed by atoms with Gasteiger partial charge in [-0.25, -0.2) is 0 Å². The summed E-state index contributed by atoms with van der Waals surface area (Å²) in [6, 6.07) is 4.92. The molecule has 19 heavy (non-hydrogen) atoms. The second kappa shape index (κ2) is 8.13. The summed E-state index contributed by atoms with van der Waals surface area (Å²) in [4.78, 5) is 0. The predicted octanol–water partition coefficient (Wildman–Crippen LogP) is 3.86. The van der Waals surface area contributed by atoms with Crippen LogP contribution < -0.4 is 5.32 Å². The van der Waals surface area contributed by atoms with Crippen LogP contribution in [-0.4, -0.2) is 19.8 Å². The normalized spacial score (nSPS) is 12.4. The lowest BCUT2D eigenvalue weighted by atomic mass is 9.96. The van der Waals surface area contributed by atoms with Crippen molar-refractivity contribution < 1.29 is 4.74 Å². The van der Waals surface area contributed by atoms with E-state index in [-0.39, 0.29) is 0 Å². The zero-order valence-corrected chi connectivity index (χ0v) is 12.8. The number of nitrogens with one attached hydrogen (secondary N) is 1. The highest BCUT2D eigenvalue weighted by molar-refractivity contribution is 5.37. The summed E-state index contributed by atoms with van der Waals surface area (Å²) in [5.74, 6) is 0. The summed E-state index contributed by atoms with van der Waals surface area (Å²) in [5, 5.41) is 3.51. The fourth-order valence-electron chi connectivity index (χ4n) is 2.18. The average Bonchev–Trinajstić information content (AvgIpc) is 2.37. The molecule has 1 atom stereocenters. The molecule has 0 saturated carbocycles. The minimum absolute atomic E-state index is 0.363. The lowest BCUT2D eigenvalue weighted by Gasteiger charge is -2.18. The van der Waals surface area contributed by atoms with E-state index in [1.54, 1.807) is 0 Å². The zero-order valence-electron chi connectivity index (χ0n) is 12.8. The minimum Gasteiger partial charge on any atom is -0.380 e. The lowest BCUT2D eigenvalue weighted by Crippen LogP contribution is -2.24. The minimum atomic E-state index is 0.363. The summed E-state index contributed by atoms with van der Waals surface area (Å²) in [5.41, 5.74) is 5.46. The number of hydrogen-bond acceptors (Lipinski definition) is 2. The summed E-state index contributed by atoms with van der Waals surface area (Å²) < 4.78 is 5.50. The van der Waals surface area contributed by atoms with Crippen LogP contribution in [-0.2, 0) is 4.74 Å². The number of ether oxygens (including phenoxy) is 1. The van der Waals surface area contributed by atoms with Crippen LogP contribution in [0.2, 0.25) is 0 Å². The molecule has 1 N–H and O–H groups in total. The van der Waals surface area contributed by atoms with Gasteiger partial charge in [-0.1, -0.05) is 18.2 Å². The molecule has 0 aliphatic rings. The highest BCUT2D eigenvalue weighted by atomic mass is 16.5. The Bertz CT molecular complexity index is 412. The smallest absolute Gasteiger partial charge is 0.0591 e. The molecule has 0 aromatic heterocycles. The van der Waals surface area contributed by atoms with E-state index in [9.17, 15) is 0 Å². The molecule has 1 aromatic rings. The van der Waals surface area contributed by atoms with Crippen LogP contribution in [0.1, 0.15) is 41.6 Å². The summed E-state index contributed by atoms with van der Waals surface area (Å²) in [6.07, 6.45) is 2.81. The van der Waals surface area contributed by atoms with E-state index >= 15 is 0 Å². The Balaban J connectivity index is 2.43. The van der Waals surface area contributed by atoms with Gasteiger partial charge in [-0.15, -0.1) is 6.58 Å². The van der Waals surface area contributed by atoms with Crippen molar-refractivity contribution in [3.8, 4) is 0 Å². The third-order valence-corrected chi connectivity index (χ3v) is 3.51. The molecular weight excluding hydrogens is 234 g/mol. The molecule has 2 heteroatoms.